The highest BCUT2D eigenvalue weighted by molar-refractivity contribution is 5.94. The first kappa shape index (κ1) is 16.6. The number of aryl methyl sites for hydroxylation is 1. The number of H-pyrrole nitrogens is 1. The number of carbonyl (C=O) groups is 1. The summed E-state index contributed by atoms with van der Waals surface area (Å²) in [7, 11) is 1.90. The van der Waals surface area contributed by atoms with Crippen molar-refractivity contribution in [2.45, 2.75) is 26.2 Å². The fourth-order valence-electron chi connectivity index (χ4n) is 3.47. The van der Waals surface area contributed by atoms with Crippen molar-refractivity contribution in [2.24, 2.45) is 5.92 Å². The van der Waals surface area contributed by atoms with E-state index in [0.29, 0.717) is 5.92 Å². The van der Waals surface area contributed by atoms with Crippen molar-refractivity contribution in [3.05, 3.63) is 47.8 Å². The zero-order chi connectivity index (χ0) is 16.9. The minimum Gasteiger partial charge on any atom is -0.371 e. The molecule has 5 nitrogen and oxygen atoms in total. The van der Waals surface area contributed by atoms with Gasteiger partial charge < -0.3 is 9.80 Å². The van der Waals surface area contributed by atoms with Crippen molar-refractivity contribution < 1.29 is 4.79 Å². The number of anilines is 1. The van der Waals surface area contributed by atoms with Crippen molar-refractivity contribution >= 4 is 11.6 Å². The van der Waals surface area contributed by atoms with Crippen LogP contribution in [0.4, 0.5) is 5.69 Å². The summed E-state index contributed by atoms with van der Waals surface area (Å²) in [6, 6.07) is 10.5. The molecule has 1 N–H and O–H groups in total. The third kappa shape index (κ3) is 3.61. The molecular formula is C19H26N4O. The monoisotopic (exact) mass is 326 g/mol. The summed E-state index contributed by atoms with van der Waals surface area (Å²) in [4.78, 5) is 16.9. The molecule has 0 radical (unpaired) electrons. The van der Waals surface area contributed by atoms with E-state index in [-0.39, 0.29) is 5.91 Å². The van der Waals surface area contributed by atoms with Gasteiger partial charge in [0.25, 0.3) is 5.91 Å². The fourth-order valence-corrected chi connectivity index (χ4v) is 3.47. The van der Waals surface area contributed by atoms with Crippen molar-refractivity contribution in [1.82, 2.24) is 15.1 Å². The number of rotatable bonds is 6. The number of hydrogen-bond acceptors (Lipinski definition) is 3. The molecule has 1 fully saturated rings. The normalized spacial score (nSPS) is 17.2. The van der Waals surface area contributed by atoms with Gasteiger partial charge >= 0.3 is 0 Å². The minimum absolute atomic E-state index is 0.0744. The average molecular weight is 326 g/mol. The third-order valence-corrected chi connectivity index (χ3v) is 4.73. The molecule has 1 unspecified atom stereocenters. The van der Waals surface area contributed by atoms with Crippen molar-refractivity contribution in [2.75, 3.05) is 31.6 Å². The van der Waals surface area contributed by atoms with Crippen LogP contribution in [0, 0.1) is 5.92 Å². The number of para-hydroxylation sites is 1. The summed E-state index contributed by atoms with van der Waals surface area (Å²) < 4.78 is 0. The van der Waals surface area contributed by atoms with Crippen LogP contribution in [0.2, 0.25) is 0 Å². The first-order valence-corrected chi connectivity index (χ1v) is 8.76. The molecule has 0 aliphatic carbocycles. The maximum atomic E-state index is 12.7. The van der Waals surface area contributed by atoms with Gasteiger partial charge in [-0.15, -0.1) is 0 Å². The van der Waals surface area contributed by atoms with Gasteiger partial charge in [-0.1, -0.05) is 31.5 Å². The number of aromatic amines is 1. The second-order valence-electron chi connectivity index (χ2n) is 6.63. The topological polar surface area (TPSA) is 52.2 Å². The summed E-state index contributed by atoms with van der Waals surface area (Å²) in [5.41, 5.74) is 2.94. The van der Waals surface area contributed by atoms with E-state index in [1.54, 1.807) is 6.20 Å². The minimum atomic E-state index is 0.0744. The van der Waals surface area contributed by atoms with Crippen LogP contribution in [0.15, 0.2) is 36.5 Å². The lowest BCUT2D eigenvalue weighted by Crippen LogP contribution is -2.33. The zero-order valence-electron chi connectivity index (χ0n) is 14.5. The van der Waals surface area contributed by atoms with Crippen LogP contribution in [0.1, 0.15) is 35.8 Å². The Morgan fingerprint density at radius 3 is 2.92 bits per heavy atom. The van der Waals surface area contributed by atoms with Gasteiger partial charge in [-0.05, 0) is 30.9 Å². The lowest BCUT2D eigenvalue weighted by atomic mass is 10.1. The highest BCUT2D eigenvalue weighted by Crippen LogP contribution is 2.24. The predicted octanol–water partition coefficient (Wildman–Crippen LogP) is 2.96. The maximum absolute atomic E-state index is 12.7. The highest BCUT2D eigenvalue weighted by atomic mass is 16.2. The van der Waals surface area contributed by atoms with E-state index in [1.807, 2.05) is 18.0 Å². The van der Waals surface area contributed by atoms with Crippen molar-refractivity contribution in [3.63, 3.8) is 0 Å². The van der Waals surface area contributed by atoms with Crippen LogP contribution in [0.3, 0.4) is 0 Å². The van der Waals surface area contributed by atoms with E-state index in [2.05, 4.69) is 46.3 Å². The molecule has 1 aliphatic heterocycles. The van der Waals surface area contributed by atoms with Gasteiger partial charge in [0, 0.05) is 38.1 Å². The number of amides is 1. The lowest BCUT2D eigenvalue weighted by Gasteiger charge is -2.22. The van der Waals surface area contributed by atoms with Gasteiger partial charge in [-0.25, -0.2) is 0 Å². The molecule has 24 heavy (non-hydrogen) atoms. The molecule has 0 spiro atoms. The van der Waals surface area contributed by atoms with Crippen LogP contribution < -0.4 is 4.90 Å². The SMILES string of the molecule is CCCc1[nH]ncc1C(=O)N(C)CC1CCN(c2ccccc2)C1. The van der Waals surface area contributed by atoms with E-state index >= 15 is 0 Å². The molecule has 2 aromatic rings. The smallest absolute Gasteiger partial charge is 0.257 e. The Bertz CT molecular complexity index is 667. The zero-order valence-corrected chi connectivity index (χ0v) is 14.5. The number of hydrogen-bond donors (Lipinski definition) is 1. The Labute approximate surface area is 143 Å². The fraction of sp³-hybridized carbons (Fsp3) is 0.474. The molecule has 1 atom stereocenters. The van der Waals surface area contributed by atoms with Gasteiger partial charge in [0.2, 0.25) is 0 Å². The molecule has 3 rings (SSSR count). The second kappa shape index (κ2) is 7.51. The van der Waals surface area contributed by atoms with Crippen LogP contribution >= 0.6 is 0 Å². The Morgan fingerprint density at radius 2 is 2.17 bits per heavy atom. The average Bonchev–Trinajstić information content (AvgIpc) is 3.25. The molecule has 1 aromatic carbocycles. The molecule has 1 amide bonds. The second-order valence-corrected chi connectivity index (χ2v) is 6.63. The first-order chi connectivity index (χ1) is 11.7. The largest absolute Gasteiger partial charge is 0.371 e. The van der Waals surface area contributed by atoms with E-state index in [4.69, 9.17) is 0 Å². The van der Waals surface area contributed by atoms with Crippen LogP contribution in [-0.2, 0) is 6.42 Å². The van der Waals surface area contributed by atoms with E-state index in [1.165, 1.54) is 5.69 Å². The summed E-state index contributed by atoms with van der Waals surface area (Å²) in [5, 5.41) is 7.01. The van der Waals surface area contributed by atoms with Gasteiger partial charge in [0.1, 0.15) is 0 Å². The molecule has 128 valence electrons. The molecule has 5 heteroatoms. The molecule has 1 saturated heterocycles. The molecule has 1 aliphatic rings. The molecule has 0 bridgehead atoms. The van der Waals surface area contributed by atoms with E-state index < -0.39 is 0 Å². The standard InChI is InChI=1S/C19H26N4O/c1-3-7-18-17(12-20-21-18)19(24)22(2)13-15-10-11-23(14-15)16-8-5-4-6-9-16/h4-6,8-9,12,15H,3,7,10-11,13-14H2,1-2H3,(H,20,21). The van der Waals surface area contributed by atoms with E-state index in [0.717, 1.165) is 50.2 Å². The molecular weight excluding hydrogens is 300 g/mol. The summed E-state index contributed by atoms with van der Waals surface area (Å²) in [6.45, 7) is 4.97. The molecule has 2 heterocycles. The first-order valence-electron chi connectivity index (χ1n) is 8.76. The lowest BCUT2D eigenvalue weighted by molar-refractivity contribution is 0.0775. The summed E-state index contributed by atoms with van der Waals surface area (Å²) >= 11 is 0. The Balaban J connectivity index is 1.58. The van der Waals surface area contributed by atoms with Gasteiger partial charge in [0.05, 0.1) is 11.8 Å². The highest BCUT2D eigenvalue weighted by Gasteiger charge is 2.26. The van der Waals surface area contributed by atoms with Crippen molar-refractivity contribution in [1.29, 1.82) is 0 Å². The number of carbonyl (C=O) groups excluding carboxylic acids is 1. The number of benzene rings is 1. The van der Waals surface area contributed by atoms with Gasteiger partial charge in [-0.2, -0.15) is 5.10 Å². The Kier molecular flexibility index (Phi) is 5.18. The van der Waals surface area contributed by atoms with Gasteiger partial charge in [0.15, 0.2) is 0 Å². The van der Waals surface area contributed by atoms with Crippen LogP contribution in [-0.4, -0.2) is 47.7 Å². The van der Waals surface area contributed by atoms with Crippen molar-refractivity contribution in [3.8, 4) is 0 Å². The third-order valence-electron chi connectivity index (χ3n) is 4.73. The number of nitrogens with zero attached hydrogens (tertiary/aromatic N) is 3. The number of aromatic nitrogens is 2. The van der Waals surface area contributed by atoms with Gasteiger partial charge in [-0.3, -0.25) is 9.89 Å². The maximum Gasteiger partial charge on any atom is 0.257 e. The van der Waals surface area contributed by atoms with Crippen LogP contribution in [0.5, 0.6) is 0 Å². The quantitative estimate of drug-likeness (QED) is 0.888. The van der Waals surface area contributed by atoms with E-state index in [9.17, 15) is 4.79 Å². The van der Waals surface area contributed by atoms with Crippen LogP contribution in [0.25, 0.3) is 0 Å². The summed E-state index contributed by atoms with van der Waals surface area (Å²) in [5.74, 6) is 0.589. The molecule has 1 aromatic heterocycles. The Hall–Kier alpha value is -2.30. The Morgan fingerprint density at radius 1 is 1.38 bits per heavy atom. The molecule has 0 saturated carbocycles. The number of nitrogens with one attached hydrogen (secondary N) is 1. The predicted molar refractivity (Wildman–Crippen MR) is 96.3 cm³/mol. The summed E-state index contributed by atoms with van der Waals surface area (Å²) in [6.07, 6.45) is 4.65.